The van der Waals surface area contributed by atoms with Crippen LogP contribution >= 0.6 is 11.3 Å². The van der Waals surface area contributed by atoms with Crippen molar-refractivity contribution < 1.29 is 4.92 Å². The number of piperazine rings is 1. The zero-order chi connectivity index (χ0) is 18.1. The van der Waals surface area contributed by atoms with Gasteiger partial charge in [-0.05, 0) is 18.6 Å². The SMILES string of the molecule is Cc1ccc(CN2CCN(c3nc4ccc([N+](=O)[O-])cc4s3)CC2)cc1. The molecule has 0 N–H and O–H groups in total. The van der Waals surface area contributed by atoms with Crippen LogP contribution in [0.4, 0.5) is 10.8 Å². The Morgan fingerprint density at radius 1 is 1.12 bits per heavy atom. The summed E-state index contributed by atoms with van der Waals surface area (Å²) in [6.07, 6.45) is 0. The molecule has 4 rings (SSSR count). The van der Waals surface area contributed by atoms with Gasteiger partial charge in [0.15, 0.2) is 5.13 Å². The average Bonchev–Trinajstić information content (AvgIpc) is 3.07. The van der Waals surface area contributed by atoms with Gasteiger partial charge in [0.05, 0.1) is 15.1 Å². The fourth-order valence-corrected chi connectivity index (χ4v) is 4.25. The van der Waals surface area contributed by atoms with E-state index in [1.807, 2.05) is 0 Å². The van der Waals surface area contributed by atoms with Gasteiger partial charge in [-0.1, -0.05) is 41.2 Å². The number of aromatic nitrogens is 1. The molecule has 26 heavy (non-hydrogen) atoms. The molecule has 2 heterocycles. The van der Waals surface area contributed by atoms with E-state index in [9.17, 15) is 10.1 Å². The van der Waals surface area contributed by atoms with Crippen molar-refractivity contribution in [3.05, 3.63) is 63.7 Å². The molecule has 2 aromatic carbocycles. The minimum atomic E-state index is -0.358. The molecule has 7 heteroatoms. The quantitative estimate of drug-likeness (QED) is 0.517. The molecule has 0 radical (unpaired) electrons. The predicted octanol–water partition coefficient (Wildman–Crippen LogP) is 3.84. The van der Waals surface area contributed by atoms with Crippen LogP contribution in [0.3, 0.4) is 0 Å². The van der Waals surface area contributed by atoms with Crippen molar-refractivity contribution in [3.8, 4) is 0 Å². The first-order valence-electron chi connectivity index (χ1n) is 8.66. The zero-order valence-electron chi connectivity index (χ0n) is 14.6. The summed E-state index contributed by atoms with van der Waals surface area (Å²) in [4.78, 5) is 20.0. The molecule has 1 aliphatic rings. The van der Waals surface area contributed by atoms with Gasteiger partial charge < -0.3 is 4.90 Å². The second kappa shape index (κ2) is 7.01. The molecule has 0 spiro atoms. The smallest absolute Gasteiger partial charge is 0.270 e. The largest absolute Gasteiger partial charge is 0.345 e. The zero-order valence-corrected chi connectivity index (χ0v) is 15.4. The fraction of sp³-hybridized carbons (Fsp3) is 0.316. The Hall–Kier alpha value is -2.51. The number of aryl methyl sites for hydroxylation is 1. The molecule has 0 unspecified atom stereocenters. The maximum atomic E-state index is 10.9. The minimum Gasteiger partial charge on any atom is -0.345 e. The molecule has 6 nitrogen and oxygen atoms in total. The second-order valence-electron chi connectivity index (χ2n) is 6.65. The van der Waals surface area contributed by atoms with E-state index in [1.165, 1.54) is 28.5 Å². The number of fused-ring (bicyclic) bond motifs is 1. The Balaban J connectivity index is 1.42. The first-order chi connectivity index (χ1) is 12.6. The van der Waals surface area contributed by atoms with Gasteiger partial charge in [-0.2, -0.15) is 0 Å². The van der Waals surface area contributed by atoms with E-state index in [-0.39, 0.29) is 10.6 Å². The monoisotopic (exact) mass is 368 g/mol. The Labute approximate surface area is 155 Å². The van der Waals surface area contributed by atoms with Crippen LogP contribution in [-0.4, -0.2) is 41.0 Å². The average molecular weight is 368 g/mol. The van der Waals surface area contributed by atoms with Gasteiger partial charge in [0, 0.05) is 44.9 Å². The highest BCUT2D eigenvalue weighted by Gasteiger charge is 2.20. The summed E-state index contributed by atoms with van der Waals surface area (Å²) in [7, 11) is 0. The number of hydrogen-bond acceptors (Lipinski definition) is 6. The third-order valence-corrected chi connectivity index (χ3v) is 5.82. The van der Waals surface area contributed by atoms with E-state index in [1.54, 1.807) is 12.1 Å². The van der Waals surface area contributed by atoms with E-state index < -0.39 is 0 Å². The topological polar surface area (TPSA) is 62.5 Å². The van der Waals surface area contributed by atoms with Crippen molar-refractivity contribution in [1.29, 1.82) is 0 Å². The maximum Gasteiger partial charge on any atom is 0.270 e. The van der Waals surface area contributed by atoms with Crippen LogP contribution in [0.1, 0.15) is 11.1 Å². The van der Waals surface area contributed by atoms with Crippen molar-refractivity contribution in [1.82, 2.24) is 9.88 Å². The van der Waals surface area contributed by atoms with Crippen molar-refractivity contribution in [3.63, 3.8) is 0 Å². The summed E-state index contributed by atoms with van der Waals surface area (Å²) < 4.78 is 0.872. The highest BCUT2D eigenvalue weighted by Crippen LogP contribution is 2.31. The summed E-state index contributed by atoms with van der Waals surface area (Å²) in [5.41, 5.74) is 3.58. The van der Waals surface area contributed by atoms with Gasteiger partial charge in [-0.25, -0.2) is 4.98 Å². The van der Waals surface area contributed by atoms with E-state index in [0.717, 1.165) is 48.1 Å². The first kappa shape index (κ1) is 16.9. The standard InChI is InChI=1S/C19H20N4O2S/c1-14-2-4-15(5-3-14)13-21-8-10-22(11-9-21)19-20-17-7-6-16(23(24)25)12-18(17)26-19/h2-7,12H,8-11,13H2,1H3. The number of nitrogens with zero attached hydrogens (tertiary/aromatic N) is 4. The van der Waals surface area contributed by atoms with E-state index in [0.29, 0.717) is 0 Å². The van der Waals surface area contributed by atoms with Crippen LogP contribution in [0.25, 0.3) is 10.2 Å². The molecule has 1 fully saturated rings. The summed E-state index contributed by atoms with van der Waals surface area (Å²) in [5, 5.41) is 11.9. The van der Waals surface area contributed by atoms with Gasteiger partial charge in [0.25, 0.3) is 5.69 Å². The molecule has 0 atom stereocenters. The normalized spacial score (nSPS) is 15.5. The molecule has 0 amide bonds. The molecule has 1 saturated heterocycles. The van der Waals surface area contributed by atoms with Crippen molar-refractivity contribution in [2.75, 3.05) is 31.1 Å². The van der Waals surface area contributed by atoms with Crippen LogP contribution in [0.2, 0.25) is 0 Å². The van der Waals surface area contributed by atoms with Gasteiger partial charge in [0.2, 0.25) is 0 Å². The lowest BCUT2D eigenvalue weighted by Crippen LogP contribution is -2.45. The van der Waals surface area contributed by atoms with E-state index >= 15 is 0 Å². The number of nitro benzene ring substituents is 1. The summed E-state index contributed by atoms with van der Waals surface area (Å²) in [5.74, 6) is 0. The van der Waals surface area contributed by atoms with E-state index in [4.69, 9.17) is 0 Å². The Morgan fingerprint density at radius 3 is 2.54 bits per heavy atom. The molecule has 0 bridgehead atoms. The number of thiazole rings is 1. The third-order valence-electron chi connectivity index (χ3n) is 4.74. The molecule has 3 aromatic rings. The lowest BCUT2D eigenvalue weighted by Gasteiger charge is -2.34. The summed E-state index contributed by atoms with van der Waals surface area (Å²) in [6.45, 7) is 6.91. The van der Waals surface area contributed by atoms with Crippen LogP contribution in [0.5, 0.6) is 0 Å². The minimum absolute atomic E-state index is 0.121. The Kier molecular flexibility index (Phi) is 4.57. The third kappa shape index (κ3) is 3.54. The first-order valence-corrected chi connectivity index (χ1v) is 9.48. The summed E-state index contributed by atoms with van der Waals surface area (Å²) in [6, 6.07) is 13.6. The Bertz CT molecular complexity index is 930. The van der Waals surface area contributed by atoms with Gasteiger partial charge in [-0.15, -0.1) is 0 Å². The number of rotatable bonds is 4. The second-order valence-corrected chi connectivity index (χ2v) is 7.66. The molecule has 0 aliphatic carbocycles. The van der Waals surface area contributed by atoms with Crippen molar-refractivity contribution in [2.45, 2.75) is 13.5 Å². The van der Waals surface area contributed by atoms with Gasteiger partial charge >= 0.3 is 0 Å². The molecular weight excluding hydrogens is 348 g/mol. The predicted molar refractivity (Wildman–Crippen MR) is 105 cm³/mol. The van der Waals surface area contributed by atoms with Crippen LogP contribution in [0.15, 0.2) is 42.5 Å². The lowest BCUT2D eigenvalue weighted by atomic mass is 10.1. The number of non-ortho nitro benzene ring substituents is 1. The number of benzene rings is 2. The highest BCUT2D eigenvalue weighted by molar-refractivity contribution is 7.22. The van der Waals surface area contributed by atoms with Gasteiger partial charge in [-0.3, -0.25) is 15.0 Å². The Morgan fingerprint density at radius 2 is 1.85 bits per heavy atom. The molecule has 1 aliphatic heterocycles. The van der Waals surface area contributed by atoms with Gasteiger partial charge in [0.1, 0.15) is 0 Å². The molecular formula is C19H20N4O2S. The van der Waals surface area contributed by atoms with Crippen LogP contribution in [0, 0.1) is 17.0 Å². The highest BCUT2D eigenvalue weighted by atomic mass is 32.1. The van der Waals surface area contributed by atoms with E-state index in [2.05, 4.69) is 46.0 Å². The number of anilines is 1. The number of hydrogen-bond donors (Lipinski definition) is 0. The fourth-order valence-electron chi connectivity index (χ4n) is 3.20. The summed E-state index contributed by atoms with van der Waals surface area (Å²) >= 11 is 1.53. The number of nitro groups is 1. The lowest BCUT2D eigenvalue weighted by molar-refractivity contribution is -0.384. The molecule has 134 valence electrons. The van der Waals surface area contributed by atoms with Crippen molar-refractivity contribution >= 4 is 32.4 Å². The van der Waals surface area contributed by atoms with Crippen molar-refractivity contribution in [2.24, 2.45) is 0 Å². The van der Waals surface area contributed by atoms with Crippen LogP contribution in [-0.2, 0) is 6.54 Å². The molecule has 1 aromatic heterocycles. The maximum absolute atomic E-state index is 10.9. The van der Waals surface area contributed by atoms with Crippen LogP contribution < -0.4 is 4.90 Å². The molecule has 0 saturated carbocycles.